The number of carbonyl (C=O) groups excluding carboxylic acids is 2. The van der Waals surface area contributed by atoms with Gasteiger partial charge in [0.15, 0.2) is 5.78 Å². The van der Waals surface area contributed by atoms with E-state index in [1.807, 2.05) is 26.0 Å². The maximum Gasteiger partial charge on any atom is 0.389 e. The molecule has 33 heavy (non-hydrogen) atoms. The number of nitrogens with zero attached hydrogens (tertiary/aromatic N) is 2. The normalized spacial score (nSPS) is 12.1. The Bertz CT molecular complexity index is 1190. The van der Waals surface area contributed by atoms with Crippen molar-refractivity contribution in [2.24, 2.45) is 0 Å². The maximum absolute atomic E-state index is 12.6. The van der Waals surface area contributed by atoms with Crippen LogP contribution in [-0.2, 0) is 10.2 Å². The van der Waals surface area contributed by atoms with Gasteiger partial charge in [-0.1, -0.05) is 0 Å². The van der Waals surface area contributed by atoms with Crippen molar-refractivity contribution in [1.82, 2.24) is 9.38 Å². The van der Waals surface area contributed by atoms with Crippen LogP contribution in [0.5, 0.6) is 11.5 Å². The van der Waals surface area contributed by atoms with Crippen LogP contribution in [0.3, 0.4) is 0 Å². The number of halogens is 3. The van der Waals surface area contributed by atoms with Crippen LogP contribution in [0.25, 0.3) is 16.9 Å². The summed E-state index contributed by atoms with van der Waals surface area (Å²) in [4.78, 5) is 29.0. The maximum atomic E-state index is 12.6. The summed E-state index contributed by atoms with van der Waals surface area (Å²) < 4.78 is 50.3. The predicted octanol–water partition coefficient (Wildman–Crippen LogP) is 5.41. The number of ether oxygens (including phenoxy) is 2. The molecular formula is C24H25F3N2O4. The number of Topliss-reactive ketones (excluding diaryl/α,β-unsaturated/α-hetero) is 2. The van der Waals surface area contributed by atoms with Gasteiger partial charge in [0, 0.05) is 23.6 Å². The summed E-state index contributed by atoms with van der Waals surface area (Å²) in [6.45, 7) is 5.22. The summed E-state index contributed by atoms with van der Waals surface area (Å²) in [5.74, 6) is -0.470. The second-order valence-corrected chi connectivity index (χ2v) is 8.26. The highest BCUT2D eigenvalue weighted by Gasteiger charge is 2.30. The molecule has 0 aliphatic rings. The van der Waals surface area contributed by atoms with Gasteiger partial charge < -0.3 is 9.47 Å². The predicted molar refractivity (Wildman–Crippen MR) is 117 cm³/mol. The smallest absolute Gasteiger partial charge is 0.389 e. The molecule has 3 rings (SSSR count). The molecule has 0 aliphatic carbocycles. The molecule has 176 valence electrons. The van der Waals surface area contributed by atoms with E-state index in [0.717, 1.165) is 5.56 Å². The highest BCUT2D eigenvalue weighted by molar-refractivity contribution is 6.02. The molecule has 0 spiro atoms. The molecule has 0 saturated carbocycles. The van der Waals surface area contributed by atoms with Gasteiger partial charge in [0.25, 0.3) is 0 Å². The number of hydrogen-bond donors (Lipinski definition) is 0. The third-order valence-electron chi connectivity index (χ3n) is 5.83. The van der Waals surface area contributed by atoms with E-state index in [-0.39, 0.29) is 22.8 Å². The third kappa shape index (κ3) is 4.86. The van der Waals surface area contributed by atoms with Gasteiger partial charge in [0.05, 0.1) is 32.5 Å². The second-order valence-electron chi connectivity index (χ2n) is 8.26. The minimum absolute atomic E-state index is 0.0267. The Kier molecular flexibility index (Phi) is 6.53. The average Bonchev–Trinajstić information content (AvgIpc) is 3.19. The lowest BCUT2D eigenvalue weighted by molar-refractivity contribution is -0.133. The van der Waals surface area contributed by atoms with Gasteiger partial charge in [-0.2, -0.15) is 13.2 Å². The number of rotatable bonds is 8. The molecule has 0 radical (unpaired) electrons. The molecule has 0 N–H and O–H groups in total. The number of carbonyl (C=O) groups is 2. The Balaban J connectivity index is 2.06. The molecule has 3 aromatic rings. The summed E-state index contributed by atoms with van der Waals surface area (Å²) >= 11 is 0. The summed E-state index contributed by atoms with van der Waals surface area (Å²) in [6.07, 6.45) is -2.97. The highest BCUT2D eigenvalue weighted by Crippen LogP contribution is 2.37. The van der Waals surface area contributed by atoms with E-state index in [1.165, 1.54) is 21.1 Å². The van der Waals surface area contributed by atoms with Crippen LogP contribution in [0, 0.1) is 0 Å². The Labute approximate surface area is 189 Å². The van der Waals surface area contributed by atoms with Crippen LogP contribution in [0.2, 0.25) is 0 Å². The van der Waals surface area contributed by atoms with Gasteiger partial charge in [-0.25, -0.2) is 4.98 Å². The molecule has 0 fully saturated rings. The van der Waals surface area contributed by atoms with Gasteiger partial charge in [-0.3, -0.25) is 14.0 Å². The van der Waals surface area contributed by atoms with Crippen LogP contribution in [0.1, 0.15) is 49.5 Å². The first-order chi connectivity index (χ1) is 15.4. The number of benzene rings is 1. The Hall–Kier alpha value is -3.36. The van der Waals surface area contributed by atoms with E-state index in [2.05, 4.69) is 4.98 Å². The van der Waals surface area contributed by atoms with Crippen molar-refractivity contribution in [2.75, 3.05) is 14.2 Å². The summed E-state index contributed by atoms with van der Waals surface area (Å²) in [6, 6.07) is 6.80. The van der Waals surface area contributed by atoms with E-state index in [9.17, 15) is 22.8 Å². The number of pyridine rings is 1. The van der Waals surface area contributed by atoms with Crippen molar-refractivity contribution in [3.05, 3.63) is 47.8 Å². The number of fused-ring (bicyclic) bond motifs is 1. The van der Waals surface area contributed by atoms with Crippen molar-refractivity contribution in [2.45, 2.75) is 45.2 Å². The number of aromatic nitrogens is 2. The minimum atomic E-state index is -4.44. The quantitative estimate of drug-likeness (QED) is 0.419. The second kappa shape index (κ2) is 8.88. The molecule has 6 nitrogen and oxygen atoms in total. The largest absolute Gasteiger partial charge is 0.496 e. The summed E-state index contributed by atoms with van der Waals surface area (Å²) in [5, 5.41) is 0. The van der Waals surface area contributed by atoms with Crippen LogP contribution >= 0.6 is 0 Å². The number of alkyl halides is 3. The van der Waals surface area contributed by atoms with Crippen LogP contribution in [0.15, 0.2) is 36.7 Å². The zero-order valence-corrected chi connectivity index (χ0v) is 19.0. The van der Waals surface area contributed by atoms with Crippen LogP contribution < -0.4 is 9.47 Å². The van der Waals surface area contributed by atoms with Crippen molar-refractivity contribution < 1.29 is 32.2 Å². The van der Waals surface area contributed by atoms with Crippen LogP contribution in [0.4, 0.5) is 13.2 Å². The minimum Gasteiger partial charge on any atom is -0.496 e. The number of ketones is 2. The van der Waals surface area contributed by atoms with Crippen molar-refractivity contribution in [3.8, 4) is 22.8 Å². The zero-order valence-electron chi connectivity index (χ0n) is 19.0. The lowest BCUT2D eigenvalue weighted by Crippen LogP contribution is -2.26. The highest BCUT2D eigenvalue weighted by atomic mass is 19.4. The van der Waals surface area contributed by atoms with Gasteiger partial charge in [-0.05, 0) is 50.6 Å². The molecule has 9 heteroatoms. The summed E-state index contributed by atoms with van der Waals surface area (Å²) in [7, 11) is 2.67. The first-order valence-electron chi connectivity index (χ1n) is 10.2. The molecular weight excluding hydrogens is 437 g/mol. The molecule has 2 heterocycles. The number of imidazole rings is 1. The SMILES string of the molecule is COc1cc(-c2cnc3cc(C(C)(C)C(C)=O)ccn23)cc(OC)c1C(=O)CCC(F)(F)F. The number of hydrogen-bond acceptors (Lipinski definition) is 5. The van der Waals surface area contributed by atoms with E-state index >= 15 is 0 Å². The lowest BCUT2D eigenvalue weighted by atomic mass is 9.82. The molecule has 0 saturated heterocycles. The third-order valence-corrected chi connectivity index (χ3v) is 5.83. The Morgan fingerprint density at radius 1 is 1.06 bits per heavy atom. The van der Waals surface area contributed by atoms with E-state index in [4.69, 9.17) is 9.47 Å². The molecule has 0 bridgehead atoms. The summed E-state index contributed by atoms with van der Waals surface area (Å²) in [5.41, 5.74) is 1.98. The first-order valence-corrected chi connectivity index (χ1v) is 10.2. The van der Waals surface area contributed by atoms with Crippen molar-refractivity contribution >= 4 is 17.2 Å². The zero-order chi connectivity index (χ0) is 24.6. The molecule has 1 aromatic carbocycles. The topological polar surface area (TPSA) is 69.9 Å². The van der Waals surface area contributed by atoms with E-state index < -0.39 is 30.2 Å². The molecule has 2 aromatic heterocycles. The molecule has 0 unspecified atom stereocenters. The number of methoxy groups -OCH3 is 2. The van der Waals surface area contributed by atoms with Crippen LogP contribution in [-0.4, -0.2) is 41.3 Å². The lowest BCUT2D eigenvalue weighted by Gasteiger charge is -2.21. The Morgan fingerprint density at radius 3 is 2.18 bits per heavy atom. The molecule has 0 atom stereocenters. The van der Waals surface area contributed by atoms with Crippen molar-refractivity contribution in [3.63, 3.8) is 0 Å². The molecule has 0 amide bonds. The van der Waals surface area contributed by atoms with Gasteiger partial charge in [-0.15, -0.1) is 0 Å². The fraction of sp³-hybridized carbons (Fsp3) is 0.375. The average molecular weight is 462 g/mol. The first kappa shape index (κ1) is 24.3. The fourth-order valence-corrected chi connectivity index (χ4v) is 3.50. The monoisotopic (exact) mass is 462 g/mol. The Morgan fingerprint density at radius 2 is 1.67 bits per heavy atom. The van der Waals surface area contributed by atoms with E-state index in [0.29, 0.717) is 16.9 Å². The molecule has 0 aliphatic heterocycles. The van der Waals surface area contributed by atoms with Gasteiger partial charge in [0.1, 0.15) is 28.5 Å². The van der Waals surface area contributed by atoms with Crippen molar-refractivity contribution in [1.29, 1.82) is 0 Å². The van der Waals surface area contributed by atoms with Gasteiger partial charge in [0.2, 0.25) is 0 Å². The van der Waals surface area contributed by atoms with Gasteiger partial charge >= 0.3 is 6.18 Å². The standard InChI is InChI=1S/C24H25F3N2O4/c1-14(30)23(2,3)16-7-9-29-17(13-28-21(29)12-16)15-10-19(32-4)22(20(11-15)33-5)18(31)6-8-24(25,26)27/h7,9-13H,6,8H2,1-5H3. The van der Waals surface area contributed by atoms with E-state index in [1.54, 1.807) is 28.9 Å². The fourth-order valence-electron chi connectivity index (χ4n) is 3.50.